The van der Waals surface area contributed by atoms with E-state index in [9.17, 15) is 0 Å². The Kier molecular flexibility index (Phi) is 3.01. The highest BCUT2D eigenvalue weighted by Gasteiger charge is 2.05. The number of nitrogens with two attached hydrogens (primary N) is 1. The first-order valence-electron chi connectivity index (χ1n) is 5.03. The molecule has 1 heterocycles. The second-order valence-corrected chi connectivity index (χ2v) is 4.17. The lowest BCUT2D eigenvalue weighted by molar-refractivity contribution is 0.787. The zero-order valence-electron chi connectivity index (χ0n) is 9.05. The molecule has 0 radical (unpaired) electrons. The van der Waals surface area contributed by atoms with Gasteiger partial charge in [-0.05, 0) is 12.5 Å². The predicted octanol–water partition coefficient (Wildman–Crippen LogP) is 1.87. The molecule has 2 N–H and O–H groups in total. The fraction of sp³-hybridized carbons (Fsp3) is 0.167. The van der Waals surface area contributed by atoms with Crippen LogP contribution in [0.1, 0.15) is 17.0 Å². The van der Waals surface area contributed by atoms with Crippen LogP contribution in [0.3, 0.4) is 0 Å². The summed E-state index contributed by atoms with van der Waals surface area (Å²) in [5.41, 5.74) is 8.05. The minimum atomic E-state index is 0.331. The zero-order chi connectivity index (χ0) is 11.5. The van der Waals surface area contributed by atoms with Crippen LogP contribution in [0.25, 0.3) is 0 Å². The summed E-state index contributed by atoms with van der Waals surface area (Å²) in [4.78, 5) is 4.46. The Hall–Kier alpha value is -1.68. The lowest BCUT2D eigenvalue weighted by Gasteiger charge is -2.07. The van der Waals surface area contributed by atoms with Crippen molar-refractivity contribution in [3.63, 3.8) is 0 Å². The van der Waals surface area contributed by atoms with Gasteiger partial charge in [-0.3, -0.25) is 0 Å². The number of aromatic nitrogens is 2. The number of hydrogen-bond donors (Lipinski definition) is 1. The van der Waals surface area contributed by atoms with E-state index in [0.29, 0.717) is 10.8 Å². The van der Waals surface area contributed by atoms with Gasteiger partial charge in [0.15, 0.2) is 5.82 Å². The van der Waals surface area contributed by atoms with E-state index in [1.54, 1.807) is 6.20 Å². The van der Waals surface area contributed by atoms with Gasteiger partial charge >= 0.3 is 0 Å². The van der Waals surface area contributed by atoms with Gasteiger partial charge in [-0.1, -0.05) is 42.0 Å². The molecule has 0 aliphatic rings. The molecule has 1 aromatic heterocycles. The molecular formula is C12H13N3S. The summed E-state index contributed by atoms with van der Waals surface area (Å²) in [5, 5.41) is 0. The summed E-state index contributed by atoms with van der Waals surface area (Å²) in [6.45, 7) is 2.82. The Labute approximate surface area is 99.9 Å². The number of nitrogens with zero attached hydrogens (tertiary/aromatic N) is 2. The summed E-state index contributed by atoms with van der Waals surface area (Å²) in [5.74, 6) is 0.663. The zero-order valence-corrected chi connectivity index (χ0v) is 9.87. The average molecular weight is 231 g/mol. The predicted molar refractivity (Wildman–Crippen MR) is 68.4 cm³/mol. The van der Waals surface area contributed by atoms with Crippen molar-refractivity contribution in [2.75, 3.05) is 0 Å². The lowest BCUT2D eigenvalue weighted by Crippen LogP contribution is -2.17. The Morgan fingerprint density at radius 1 is 1.50 bits per heavy atom. The molecule has 0 amide bonds. The van der Waals surface area contributed by atoms with E-state index in [0.717, 1.165) is 6.54 Å². The van der Waals surface area contributed by atoms with E-state index >= 15 is 0 Å². The maximum absolute atomic E-state index is 5.59. The average Bonchev–Trinajstić information content (AvgIpc) is 2.66. The second kappa shape index (κ2) is 4.45. The van der Waals surface area contributed by atoms with Crippen LogP contribution < -0.4 is 5.73 Å². The number of imidazole rings is 1. The van der Waals surface area contributed by atoms with Gasteiger partial charge in [-0.25, -0.2) is 4.98 Å². The first kappa shape index (κ1) is 10.8. The van der Waals surface area contributed by atoms with E-state index in [2.05, 4.69) is 30.1 Å². The fourth-order valence-electron chi connectivity index (χ4n) is 1.67. The largest absolute Gasteiger partial charge is 0.387 e. The van der Waals surface area contributed by atoms with Gasteiger partial charge in [-0.2, -0.15) is 0 Å². The molecule has 0 saturated heterocycles. The van der Waals surface area contributed by atoms with Crippen LogP contribution >= 0.6 is 12.2 Å². The van der Waals surface area contributed by atoms with Crippen molar-refractivity contribution in [2.24, 2.45) is 5.73 Å². The molecule has 0 aliphatic carbocycles. The number of benzene rings is 1. The maximum atomic E-state index is 5.59. The molecule has 0 bridgehead atoms. The second-order valence-electron chi connectivity index (χ2n) is 3.73. The summed E-state index contributed by atoms with van der Waals surface area (Å²) in [6.07, 6.45) is 3.60. The van der Waals surface area contributed by atoms with Crippen LogP contribution in [0, 0.1) is 6.92 Å². The Morgan fingerprint density at radius 3 is 3.00 bits per heavy atom. The third-order valence-electron chi connectivity index (χ3n) is 2.37. The molecule has 0 saturated carbocycles. The van der Waals surface area contributed by atoms with Gasteiger partial charge in [0.1, 0.15) is 4.99 Å². The highest BCUT2D eigenvalue weighted by Crippen LogP contribution is 2.08. The van der Waals surface area contributed by atoms with Crippen LogP contribution in [0.15, 0.2) is 36.7 Å². The maximum Gasteiger partial charge on any atom is 0.167 e. The molecule has 0 atom stereocenters. The van der Waals surface area contributed by atoms with Crippen LogP contribution in [0.4, 0.5) is 0 Å². The van der Waals surface area contributed by atoms with Crippen molar-refractivity contribution >= 4 is 17.2 Å². The topological polar surface area (TPSA) is 43.8 Å². The molecule has 3 nitrogen and oxygen atoms in total. The van der Waals surface area contributed by atoms with E-state index in [4.69, 9.17) is 18.0 Å². The molecule has 0 unspecified atom stereocenters. The third kappa shape index (κ3) is 2.28. The van der Waals surface area contributed by atoms with Gasteiger partial charge in [0.05, 0.1) is 0 Å². The molecular weight excluding hydrogens is 218 g/mol. The van der Waals surface area contributed by atoms with Crippen molar-refractivity contribution in [1.82, 2.24) is 9.55 Å². The highest BCUT2D eigenvalue weighted by atomic mass is 32.1. The van der Waals surface area contributed by atoms with Gasteiger partial charge in [0.2, 0.25) is 0 Å². The van der Waals surface area contributed by atoms with Crippen LogP contribution in [0.2, 0.25) is 0 Å². The number of rotatable bonds is 3. The van der Waals surface area contributed by atoms with Gasteiger partial charge in [-0.15, -0.1) is 0 Å². The summed E-state index contributed by atoms with van der Waals surface area (Å²) < 4.78 is 1.96. The van der Waals surface area contributed by atoms with Crippen molar-refractivity contribution in [1.29, 1.82) is 0 Å². The fourth-order valence-corrected chi connectivity index (χ4v) is 1.84. The number of aryl methyl sites for hydroxylation is 1. The van der Waals surface area contributed by atoms with Crippen LogP contribution in [0.5, 0.6) is 0 Å². The SMILES string of the molecule is Cc1cccc(Cn2ccnc2C(N)=S)c1. The molecule has 2 rings (SSSR count). The quantitative estimate of drug-likeness (QED) is 0.820. The monoisotopic (exact) mass is 231 g/mol. The van der Waals surface area contributed by atoms with Crippen molar-refractivity contribution < 1.29 is 0 Å². The van der Waals surface area contributed by atoms with Crippen LogP contribution in [-0.4, -0.2) is 14.5 Å². The third-order valence-corrected chi connectivity index (χ3v) is 2.55. The smallest absolute Gasteiger partial charge is 0.167 e. The van der Waals surface area contributed by atoms with Gasteiger partial charge < -0.3 is 10.3 Å². The molecule has 0 fully saturated rings. The minimum Gasteiger partial charge on any atom is -0.387 e. The standard InChI is InChI=1S/C12H13N3S/c1-9-3-2-4-10(7-9)8-15-6-5-14-12(15)11(13)16/h2-7H,8H2,1H3,(H2,13,16). The summed E-state index contributed by atoms with van der Waals surface area (Å²) >= 11 is 4.94. The normalized spacial score (nSPS) is 10.3. The summed E-state index contributed by atoms with van der Waals surface area (Å²) in [6, 6.07) is 8.34. The van der Waals surface area contributed by atoms with Crippen molar-refractivity contribution in [3.8, 4) is 0 Å². The number of hydrogen-bond acceptors (Lipinski definition) is 2. The molecule has 0 aliphatic heterocycles. The molecule has 2 aromatic rings. The lowest BCUT2D eigenvalue weighted by atomic mass is 10.1. The van der Waals surface area contributed by atoms with E-state index < -0.39 is 0 Å². The highest BCUT2D eigenvalue weighted by molar-refractivity contribution is 7.80. The molecule has 0 spiro atoms. The van der Waals surface area contributed by atoms with Crippen molar-refractivity contribution in [2.45, 2.75) is 13.5 Å². The minimum absolute atomic E-state index is 0.331. The van der Waals surface area contributed by atoms with Crippen LogP contribution in [-0.2, 0) is 6.54 Å². The van der Waals surface area contributed by atoms with Gasteiger partial charge in [0, 0.05) is 18.9 Å². The molecule has 82 valence electrons. The first-order valence-corrected chi connectivity index (χ1v) is 5.44. The first-order chi connectivity index (χ1) is 7.66. The Balaban J connectivity index is 2.27. The molecule has 4 heteroatoms. The van der Waals surface area contributed by atoms with Gasteiger partial charge in [0.25, 0.3) is 0 Å². The van der Waals surface area contributed by atoms with E-state index in [1.807, 2.05) is 16.8 Å². The summed E-state index contributed by atoms with van der Waals surface area (Å²) in [7, 11) is 0. The molecule has 1 aromatic carbocycles. The Bertz CT molecular complexity index is 516. The van der Waals surface area contributed by atoms with E-state index in [1.165, 1.54) is 11.1 Å². The Morgan fingerprint density at radius 2 is 2.31 bits per heavy atom. The van der Waals surface area contributed by atoms with E-state index in [-0.39, 0.29) is 0 Å². The van der Waals surface area contributed by atoms with Crippen molar-refractivity contribution in [3.05, 3.63) is 53.6 Å². The number of thiocarbonyl (C=S) groups is 1. The molecule has 16 heavy (non-hydrogen) atoms.